The molecule has 1 saturated carbocycles. The highest BCUT2D eigenvalue weighted by atomic mass is 19.3. The standard InChI is InChI=1S/C25H33F2NO2/c1-5-24(23(29)30-4)11-10-21(18(2)3)22(16-24)20-8-6-19(7-9-20)17-28-14-12-25(26,27)13-15-28/h5-9,21-22H,1-2,10-17H2,3-4H3/t21-,22-,24-/m0/s1. The molecule has 0 N–H and O–H groups in total. The van der Waals surface area contributed by atoms with Crippen LogP contribution in [0.5, 0.6) is 0 Å². The molecule has 2 aliphatic rings. The number of hydrogen-bond donors (Lipinski definition) is 0. The van der Waals surface area contributed by atoms with E-state index in [4.69, 9.17) is 4.74 Å². The number of allylic oxidation sites excluding steroid dienone is 1. The maximum absolute atomic E-state index is 13.4. The summed E-state index contributed by atoms with van der Waals surface area (Å²) in [5.74, 6) is -2.27. The lowest BCUT2D eigenvalue weighted by atomic mass is 9.62. The minimum atomic E-state index is -2.52. The molecule has 0 unspecified atom stereocenters. The average Bonchev–Trinajstić information content (AvgIpc) is 2.74. The van der Waals surface area contributed by atoms with Crippen molar-refractivity contribution in [2.45, 2.75) is 57.4 Å². The summed E-state index contributed by atoms with van der Waals surface area (Å²) in [6, 6.07) is 8.40. The molecule has 3 atom stereocenters. The summed E-state index contributed by atoms with van der Waals surface area (Å²) >= 11 is 0. The number of benzene rings is 1. The lowest BCUT2D eigenvalue weighted by Crippen LogP contribution is -2.39. The SMILES string of the molecule is C=C[C@]1(C(=O)OC)CC[C@@H](C(=C)C)[C@H](c2ccc(CN3CCC(F)(F)CC3)cc2)C1. The minimum Gasteiger partial charge on any atom is -0.468 e. The summed E-state index contributed by atoms with van der Waals surface area (Å²) < 4.78 is 31.8. The zero-order valence-electron chi connectivity index (χ0n) is 18.1. The molecule has 1 aromatic rings. The van der Waals surface area contributed by atoms with E-state index in [0.29, 0.717) is 32.0 Å². The predicted octanol–water partition coefficient (Wildman–Crippen LogP) is 5.72. The molecular weight excluding hydrogens is 384 g/mol. The highest BCUT2D eigenvalue weighted by Gasteiger charge is 2.45. The van der Waals surface area contributed by atoms with Gasteiger partial charge in [-0.2, -0.15) is 0 Å². The van der Waals surface area contributed by atoms with Crippen LogP contribution >= 0.6 is 0 Å². The van der Waals surface area contributed by atoms with Crippen molar-refractivity contribution in [1.82, 2.24) is 4.90 Å². The van der Waals surface area contributed by atoms with Crippen LogP contribution in [0.4, 0.5) is 8.78 Å². The summed E-state index contributed by atoms with van der Waals surface area (Å²) in [5.41, 5.74) is 2.76. The van der Waals surface area contributed by atoms with Crippen LogP contribution in [0.25, 0.3) is 0 Å². The van der Waals surface area contributed by atoms with Crippen LogP contribution in [0.2, 0.25) is 0 Å². The Morgan fingerprint density at radius 3 is 2.40 bits per heavy atom. The van der Waals surface area contributed by atoms with E-state index in [0.717, 1.165) is 24.0 Å². The summed E-state index contributed by atoms with van der Waals surface area (Å²) in [5, 5.41) is 0. The van der Waals surface area contributed by atoms with Crippen LogP contribution in [-0.4, -0.2) is 37.0 Å². The molecule has 3 nitrogen and oxygen atoms in total. The lowest BCUT2D eigenvalue weighted by Gasteiger charge is -2.42. The van der Waals surface area contributed by atoms with Gasteiger partial charge in [0.05, 0.1) is 12.5 Å². The Morgan fingerprint density at radius 2 is 1.87 bits per heavy atom. The molecule has 1 aliphatic heterocycles. The van der Waals surface area contributed by atoms with Crippen molar-refractivity contribution in [3.63, 3.8) is 0 Å². The average molecular weight is 418 g/mol. The molecule has 2 fully saturated rings. The second kappa shape index (κ2) is 9.01. The predicted molar refractivity (Wildman–Crippen MR) is 115 cm³/mol. The number of piperidine rings is 1. The molecule has 0 bridgehead atoms. The number of esters is 1. The molecule has 0 spiro atoms. The van der Waals surface area contributed by atoms with Gasteiger partial charge in [0.2, 0.25) is 0 Å². The van der Waals surface area contributed by atoms with Gasteiger partial charge in [0.15, 0.2) is 0 Å². The Kier molecular flexibility index (Phi) is 6.81. The molecule has 1 saturated heterocycles. The lowest BCUT2D eigenvalue weighted by molar-refractivity contribution is -0.152. The van der Waals surface area contributed by atoms with Crippen LogP contribution in [0, 0.1) is 11.3 Å². The van der Waals surface area contributed by atoms with E-state index in [-0.39, 0.29) is 24.7 Å². The van der Waals surface area contributed by atoms with E-state index in [1.807, 2.05) is 0 Å². The molecule has 3 rings (SSSR count). The minimum absolute atomic E-state index is 0.0649. The number of halogens is 2. The largest absolute Gasteiger partial charge is 0.468 e. The van der Waals surface area contributed by atoms with Crippen LogP contribution in [-0.2, 0) is 16.1 Å². The van der Waals surface area contributed by atoms with Gasteiger partial charge >= 0.3 is 5.97 Å². The molecular formula is C25H33F2NO2. The Morgan fingerprint density at radius 1 is 1.23 bits per heavy atom. The van der Waals surface area contributed by atoms with Crippen molar-refractivity contribution in [2.24, 2.45) is 11.3 Å². The van der Waals surface area contributed by atoms with Crippen molar-refractivity contribution < 1.29 is 18.3 Å². The summed E-state index contributed by atoms with van der Waals surface area (Å²) in [6.07, 6.45) is 3.86. The van der Waals surface area contributed by atoms with E-state index in [9.17, 15) is 13.6 Å². The zero-order chi connectivity index (χ0) is 21.9. The highest BCUT2D eigenvalue weighted by Crippen LogP contribution is 2.50. The van der Waals surface area contributed by atoms with Crippen molar-refractivity contribution in [2.75, 3.05) is 20.2 Å². The van der Waals surface area contributed by atoms with Gasteiger partial charge in [-0.1, -0.05) is 42.5 Å². The van der Waals surface area contributed by atoms with Crippen LogP contribution < -0.4 is 0 Å². The number of carbonyl (C=O) groups is 1. The second-order valence-electron chi connectivity index (χ2n) is 9.03. The number of carbonyl (C=O) groups excluding carboxylic acids is 1. The fourth-order valence-corrected chi connectivity index (χ4v) is 5.02. The van der Waals surface area contributed by atoms with Gasteiger partial charge < -0.3 is 4.74 Å². The number of methoxy groups -OCH3 is 1. The number of hydrogen-bond acceptors (Lipinski definition) is 3. The Labute approximate surface area is 178 Å². The molecule has 30 heavy (non-hydrogen) atoms. The third-order valence-electron chi connectivity index (χ3n) is 6.99. The van der Waals surface area contributed by atoms with Gasteiger partial charge in [-0.25, -0.2) is 8.78 Å². The maximum Gasteiger partial charge on any atom is 0.315 e. The monoisotopic (exact) mass is 417 g/mol. The first-order chi connectivity index (χ1) is 14.2. The molecule has 1 aliphatic carbocycles. The van der Waals surface area contributed by atoms with Gasteiger partial charge in [-0.15, -0.1) is 6.58 Å². The topological polar surface area (TPSA) is 29.5 Å². The fraction of sp³-hybridized carbons (Fsp3) is 0.560. The van der Waals surface area contributed by atoms with Crippen molar-refractivity contribution in [3.8, 4) is 0 Å². The number of alkyl halides is 2. The first-order valence-electron chi connectivity index (χ1n) is 10.8. The first kappa shape index (κ1) is 22.7. The zero-order valence-corrected chi connectivity index (χ0v) is 18.1. The van der Waals surface area contributed by atoms with E-state index in [1.54, 1.807) is 6.08 Å². The summed E-state index contributed by atoms with van der Waals surface area (Å²) in [4.78, 5) is 14.6. The Hall–Kier alpha value is -2.01. The van der Waals surface area contributed by atoms with Gasteiger partial charge in [0, 0.05) is 32.5 Å². The second-order valence-corrected chi connectivity index (χ2v) is 9.03. The molecule has 164 valence electrons. The number of rotatable bonds is 6. The Bertz CT molecular complexity index is 779. The third kappa shape index (κ3) is 4.83. The molecule has 1 heterocycles. The molecule has 1 aromatic carbocycles. The van der Waals surface area contributed by atoms with Gasteiger partial charge in [-0.05, 0) is 49.1 Å². The van der Waals surface area contributed by atoms with Crippen molar-refractivity contribution in [3.05, 3.63) is 60.2 Å². The number of likely N-dealkylation sites (tertiary alicyclic amines) is 1. The van der Waals surface area contributed by atoms with Crippen LogP contribution in [0.1, 0.15) is 56.1 Å². The first-order valence-corrected chi connectivity index (χ1v) is 10.8. The quantitative estimate of drug-likeness (QED) is 0.438. The summed E-state index contributed by atoms with van der Waals surface area (Å²) in [6.45, 7) is 11.7. The number of ether oxygens (including phenoxy) is 1. The van der Waals surface area contributed by atoms with E-state index in [1.165, 1.54) is 12.7 Å². The molecule has 5 heteroatoms. The normalized spacial score (nSPS) is 29.2. The third-order valence-corrected chi connectivity index (χ3v) is 6.99. The smallest absolute Gasteiger partial charge is 0.315 e. The molecule has 0 radical (unpaired) electrons. The highest BCUT2D eigenvalue weighted by molar-refractivity contribution is 5.79. The molecule has 0 aromatic heterocycles. The fourth-order valence-electron chi connectivity index (χ4n) is 5.02. The van der Waals surface area contributed by atoms with Crippen LogP contribution in [0.15, 0.2) is 49.1 Å². The van der Waals surface area contributed by atoms with Crippen molar-refractivity contribution >= 4 is 5.97 Å². The van der Waals surface area contributed by atoms with E-state index >= 15 is 0 Å². The Balaban J connectivity index is 1.75. The van der Waals surface area contributed by atoms with Gasteiger partial charge in [0.1, 0.15) is 0 Å². The molecule has 0 amide bonds. The van der Waals surface area contributed by atoms with E-state index in [2.05, 4.69) is 49.2 Å². The van der Waals surface area contributed by atoms with Crippen LogP contribution in [0.3, 0.4) is 0 Å². The maximum atomic E-state index is 13.4. The van der Waals surface area contributed by atoms with Crippen molar-refractivity contribution in [1.29, 1.82) is 0 Å². The number of nitrogens with zero attached hydrogens (tertiary/aromatic N) is 1. The van der Waals surface area contributed by atoms with Gasteiger partial charge in [0.25, 0.3) is 5.92 Å². The summed E-state index contributed by atoms with van der Waals surface area (Å²) in [7, 11) is 1.43. The van der Waals surface area contributed by atoms with E-state index < -0.39 is 11.3 Å². The van der Waals surface area contributed by atoms with Gasteiger partial charge in [-0.3, -0.25) is 9.69 Å².